The summed E-state index contributed by atoms with van der Waals surface area (Å²) in [7, 11) is 0. The molecule has 0 aliphatic rings. The van der Waals surface area contributed by atoms with Gasteiger partial charge in [0.2, 0.25) is 0 Å². The third-order valence-electron chi connectivity index (χ3n) is 11.7. The molecule has 56 heavy (non-hydrogen) atoms. The Morgan fingerprint density at radius 3 is 1.05 bits per heavy atom. The quantitative estimate of drug-likeness (QED) is 0.181. The van der Waals surface area contributed by atoms with Crippen LogP contribution in [0.5, 0.6) is 0 Å². The monoisotopic (exact) mass is 734 g/mol. The molecule has 0 N–H and O–H groups in total. The van der Waals surface area contributed by atoms with Crippen LogP contribution in [0.3, 0.4) is 0 Å². The van der Waals surface area contributed by atoms with E-state index in [-0.39, 0.29) is 21.7 Å². The second kappa shape index (κ2) is 12.7. The van der Waals surface area contributed by atoms with Crippen LogP contribution in [0.4, 0.5) is 0 Å². The molecule has 0 saturated carbocycles. The molecule has 4 heteroatoms. The summed E-state index contributed by atoms with van der Waals surface area (Å²) >= 11 is 0. The lowest BCUT2D eigenvalue weighted by Crippen LogP contribution is -2.11. The van der Waals surface area contributed by atoms with Crippen molar-refractivity contribution >= 4 is 43.6 Å². The molecule has 0 aliphatic heterocycles. The van der Waals surface area contributed by atoms with Crippen LogP contribution in [-0.4, -0.2) is 14.1 Å². The molecule has 0 fully saturated rings. The maximum Gasteiger partial charge on any atom is 0.0998 e. The Morgan fingerprint density at radius 2 is 0.750 bits per heavy atom. The highest BCUT2D eigenvalue weighted by atomic mass is 15.1. The molecular weight excluding hydrogens is 681 g/mol. The molecule has 0 spiro atoms. The van der Waals surface area contributed by atoms with Crippen LogP contribution in [0.25, 0.3) is 66.1 Å². The van der Waals surface area contributed by atoms with Crippen molar-refractivity contribution in [3.05, 3.63) is 137 Å². The minimum absolute atomic E-state index is 0.0147. The van der Waals surface area contributed by atoms with Crippen molar-refractivity contribution in [3.63, 3.8) is 0 Å². The molecule has 8 rings (SSSR count). The molecule has 0 amide bonds. The van der Waals surface area contributed by atoms with Crippen LogP contribution in [0, 0.1) is 11.3 Å². The van der Waals surface area contributed by atoms with Crippen LogP contribution < -0.4 is 0 Å². The van der Waals surface area contributed by atoms with Crippen LogP contribution >= 0.6 is 0 Å². The smallest absolute Gasteiger partial charge is 0.0998 e. The average molecular weight is 735 g/mol. The number of nitriles is 1. The summed E-state index contributed by atoms with van der Waals surface area (Å²) in [6.07, 6.45) is 3.61. The molecule has 0 atom stereocenters. The van der Waals surface area contributed by atoms with E-state index in [0.29, 0.717) is 5.56 Å². The summed E-state index contributed by atoms with van der Waals surface area (Å²) in [5.74, 6) is 0. The summed E-state index contributed by atoms with van der Waals surface area (Å²) in [5.41, 5.74) is 14.1. The molecular formula is C52H54N4. The van der Waals surface area contributed by atoms with Gasteiger partial charge < -0.3 is 9.13 Å². The minimum Gasteiger partial charge on any atom is -0.307 e. The zero-order valence-electron chi connectivity index (χ0n) is 35.2. The lowest BCUT2D eigenvalue weighted by molar-refractivity contribution is 0.590. The van der Waals surface area contributed by atoms with Crippen LogP contribution in [0.15, 0.2) is 109 Å². The lowest BCUT2D eigenvalue weighted by atomic mass is 9.85. The molecule has 5 aromatic carbocycles. The van der Waals surface area contributed by atoms with Crippen molar-refractivity contribution in [3.8, 4) is 28.6 Å². The van der Waals surface area contributed by atoms with Gasteiger partial charge >= 0.3 is 0 Å². The fraction of sp³-hybridized carbons (Fsp3) is 0.308. The van der Waals surface area contributed by atoms with E-state index in [9.17, 15) is 5.26 Å². The van der Waals surface area contributed by atoms with Gasteiger partial charge in [0.15, 0.2) is 0 Å². The van der Waals surface area contributed by atoms with Crippen LogP contribution in [0.1, 0.15) is 111 Å². The molecule has 3 heterocycles. The van der Waals surface area contributed by atoms with Crippen molar-refractivity contribution < 1.29 is 0 Å². The Labute approximate surface area is 332 Å². The number of pyridine rings is 1. The maximum atomic E-state index is 10.9. The fourth-order valence-corrected chi connectivity index (χ4v) is 8.23. The first kappa shape index (κ1) is 37.3. The Kier molecular flexibility index (Phi) is 8.44. The molecule has 0 unspecified atom stereocenters. The van der Waals surface area contributed by atoms with Gasteiger partial charge in [-0.3, -0.25) is 4.98 Å². The molecule has 0 aliphatic carbocycles. The summed E-state index contributed by atoms with van der Waals surface area (Å²) < 4.78 is 4.84. The molecule has 3 aromatic heterocycles. The summed E-state index contributed by atoms with van der Waals surface area (Å²) in [6.45, 7) is 27.4. The summed E-state index contributed by atoms with van der Waals surface area (Å²) in [4.78, 5) is 4.32. The zero-order valence-corrected chi connectivity index (χ0v) is 35.2. The molecule has 0 bridgehead atoms. The summed E-state index contributed by atoms with van der Waals surface area (Å²) in [6, 6.07) is 38.8. The molecule has 0 radical (unpaired) electrons. The number of aromatic nitrogens is 3. The van der Waals surface area contributed by atoms with Crippen molar-refractivity contribution in [2.24, 2.45) is 0 Å². The topological polar surface area (TPSA) is 46.5 Å². The van der Waals surface area contributed by atoms with Gasteiger partial charge in [-0.25, -0.2) is 0 Å². The van der Waals surface area contributed by atoms with Crippen LogP contribution in [-0.2, 0) is 21.7 Å². The van der Waals surface area contributed by atoms with Crippen molar-refractivity contribution in [2.75, 3.05) is 0 Å². The zero-order chi connectivity index (χ0) is 40.1. The largest absolute Gasteiger partial charge is 0.307 e. The highest BCUT2D eigenvalue weighted by molar-refractivity contribution is 6.12. The second-order valence-electron chi connectivity index (χ2n) is 19.8. The number of nitrogens with zero attached hydrogens (tertiary/aromatic N) is 4. The third kappa shape index (κ3) is 6.19. The standard InChI is InChI=1S/C52H54N4/c1-49(2,3)34-13-17-43-39(26-34)40-27-35(50(4,5)6)14-18-44(40)55(43)47-25-33(31-53)38(32-21-23-54-24-22-32)30-48(47)56-45-19-15-36(51(7,8)9)28-41(45)42-29-37(52(10,11)12)16-20-46(42)56/h13-30H,1-12H3. The minimum atomic E-state index is -0.0175. The van der Waals surface area contributed by atoms with Crippen molar-refractivity contribution in [1.82, 2.24) is 14.1 Å². The average Bonchev–Trinajstić information content (AvgIpc) is 3.64. The number of hydrogen-bond donors (Lipinski definition) is 0. The van der Waals surface area contributed by atoms with E-state index in [0.717, 1.165) is 44.6 Å². The van der Waals surface area contributed by atoms with Gasteiger partial charge in [-0.1, -0.05) is 107 Å². The second-order valence-corrected chi connectivity index (χ2v) is 19.8. The van der Waals surface area contributed by atoms with E-state index < -0.39 is 0 Å². The molecule has 0 saturated heterocycles. The Hall–Kier alpha value is -5.66. The molecule has 4 nitrogen and oxygen atoms in total. The highest BCUT2D eigenvalue weighted by Crippen LogP contribution is 2.44. The van der Waals surface area contributed by atoms with Gasteiger partial charge in [0.25, 0.3) is 0 Å². The Balaban J connectivity index is 1.57. The highest BCUT2D eigenvalue weighted by Gasteiger charge is 2.26. The normalized spacial score (nSPS) is 13.0. The number of rotatable bonds is 3. The van der Waals surface area contributed by atoms with Gasteiger partial charge in [-0.05, 0) is 122 Å². The van der Waals surface area contributed by atoms with E-state index in [1.165, 1.54) is 43.8 Å². The van der Waals surface area contributed by atoms with Crippen molar-refractivity contribution in [1.29, 1.82) is 5.26 Å². The molecule has 8 aromatic rings. The number of benzene rings is 5. The Bertz CT molecular complexity index is 2740. The van der Waals surface area contributed by atoms with Gasteiger partial charge in [-0.15, -0.1) is 0 Å². The first-order valence-corrected chi connectivity index (χ1v) is 19.9. The lowest BCUT2D eigenvalue weighted by Gasteiger charge is -2.22. The van der Waals surface area contributed by atoms with E-state index in [2.05, 4.69) is 188 Å². The van der Waals surface area contributed by atoms with Gasteiger partial charge in [0.1, 0.15) is 0 Å². The van der Waals surface area contributed by atoms with Crippen LogP contribution in [0.2, 0.25) is 0 Å². The Morgan fingerprint density at radius 1 is 0.429 bits per heavy atom. The van der Waals surface area contributed by atoms with Gasteiger partial charge in [-0.2, -0.15) is 5.26 Å². The predicted octanol–water partition coefficient (Wildman–Crippen LogP) is 14.0. The van der Waals surface area contributed by atoms with Crippen molar-refractivity contribution in [2.45, 2.75) is 105 Å². The first-order chi connectivity index (χ1) is 26.3. The maximum absolute atomic E-state index is 10.9. The van der Waals surface area contributed by atoms with E-state index in [4.69, 9.17) is 0 Å². The fourth-order valence-electron chi connectivity index (χ4n) is 8.23. The number of fused-ring (bicyclic) bond motifs is 6. The van der Waals surface area contributed by atoms with Gasteiger partial charge in [0.05, 0.1) is 45.1 Å². The third-order valence-corrected chi connectivity index (χ3v) is 11.7. The van der Waals surface area contributed by atoms with Gasteiger partial charge in [0, 0.05) is 39.5 Å². The predicted molar refractivity (Wildman–Crippen MR) is 238 cm³/mol. The summed E-state index contributed by atoms with van der Waals surface area (Å²) in [5, 5.41) is 15.8. The van der Waals surface area contributed by atoms with E-state index in [1.807, 2.05) is 12.1 Å². The number of hydrogen-bond acceptors (Lipinski definition) is 2. The molecule has 282 valence electrons. The van der Waals surface area contributed by atoms with E-state index in [1.54, 1.807) is 12.4 Å². The first-order valence-electron chi connectivity index (χ1n) is 19.9. The SMILES string of the molecule is CC(C)(C)c1ccc2c(c1)c1cc(C(C)(C)C)ccc1n2-c1cc(C#N)c(-c2ccncc2)cc1-n1c2ccc(C(C)(C)C)cc2c2cc(C(C)(C)C)ccc21. The van der Waals surface area contributed by atoms with E-state index >= 15 is 0 Å².